The van der Waals surface area contributed by atoms with Crippen LogP contribution in [0.4, 0.5) is 0 Å². The van der Waals surface area contributed by atoms with Crippen LogP contribution in [0.2, 0.25) is 0 Å². The highest BCUT2D eigenvalue weighted by Gasteiger charge is 2.27. The minimum Gasteiger partial charge on any atom is -0.393 e. The number of hydrogen-bond donors (Lipinski definition) is 2. The van der Waals surface area contributed by atoms with Gasteiger partial charge in [0.15, 0.2) is 0 Å². The molecule has 1 saturated carbocycles. The average Bonchev–Trinajstić information content (AvgIpc) is 2.04. The smallest absolute Gasteiger partial charge is 0.0540 e. The van der Waals surface area contributed by atoms with Gasteiger partial charge in [-0.3, -0.25) is 0 Å². The predicted molar refractivity (Wildman–Crippen MR) is 48.8 cm³/mol. The summed E-state index contributed by atoms with van der Waals surface area (Å²) in [7, 11) is 0. The third-order valence-electron chi connectivity index (χ3n) is 3.12. The molecule has 0 aliphatic heterocycles. The van der Waals surface area contributed by atoms with E-state index in [4.69, 9.17) is 0 Å². The second-order valence-corrected chi connectivity index (χ2v) is 4.17. The minimum absolute atomic E-state index is 0.202. The molecule has 0 spiro atoms. The van der Waals surface area contributed by atoms with Gasteiger partial charge in [0.05, 0.1) is 12.2 Å². The Morgan fingerprint density at radius 3 is 1.75 bits per heavy atom. The average molecular weight is 172 g/mol. The molecule has 0 radical (unpaired) electrons. The van der Waals surface area contributed by atoms with E-state index in [1.54, 1.807) is 0 Å². The zero-order valence-electron chi connectivity index (χ0n) is 8.03. The first-order valence-electron chi connectivity index (χ1n) is 4.97. The van der Waals surface area contributed by atoms with Crippen LogP contribution < -0.4 is 0 Å². The molecule has 2 N–H and O–H groups in total. The molecule has 0 heterocycles. The van der Waals surface area contributed by atoms with Crippen LogP contribution in [0.25, 0.3) is 0 Å². The first-order chi connectivity index (χ1) is 5.61. The molecular formula is C10H20O2. The van der Waals surface area contributed by atoms with Crippen molar-refractivity contribution in [2.75, 3.05) is 0 Å². The Morgan fingerprint density at radius 2 is 1.42 bits per heavy atom. The van der Waals surface area contributed by atoms with E-state index >= 15 is 0 Å². The molecule has 72 valence electrons. The molecule has 0 saturated heterocycles. The van der Waals surface area contributed by atoms with Crippen molar-refractivity contribution in [1.82, 2.24) is 0 Å². The largest absolute Gasteiger partial charge is 0.393 e. The van der Waals surface area contributed by atoms with Crippen LogP contribution in [0.15, 0.2) is 0 Å². The van der Waals surface area contributed by atoms with E-state index in [0.29, 0.717) is 11.8 Å². The fourth-order valence-electron chi connectivity index (χ4n) is 2.14. The van der Waals surface area contributed by atoms with Crippen molar-refractivity contribution in [3.8, 4) is 0 Å². The highest BCUT2D eigenvalue weighted by atomic mass is 16.3. The van der Waals surface area contributed by atoms with Gasteiger partial charge in [0.1, 0.15) is 0 Å². The zero-order valence-corrected chi connectivity index (χ0v) is 8.03. The van der Waals surface area contributed by atoms with Crippen LogP contribution in [0.3, 0.4) is 0 Å². The van der Waals surface area contributed by atoms with E-state index in [2.05, 4.69) is 0 Å². The van der Waals surface area contributed by atoms with Crippen LogP contribution in [-0.2, 0) is 0 Å². The lowest BCUT2D eigenvalue weighted by molar-refractivity contribution is 0.0378. The molecule has 0 bridgehead atoms. The van der Waals surface area contributed by atoms with Gasteiger partial charge in [-0.1, -0.05) is 6.42 Å². The molecule has 2 heteroatoms. The fraction of sp³-hybridized carbons (Fsp3) is 1.00. The van der Waals surface area contributed by atoms with E-state index in [-0.39, 0.29) is 12.2 Å². The fourth-order valence-corrected chi connectivity index (χ4v) is 2.14. The summed E-state index contributed by atoms with van der Waals surface area (Å²) in [5, 5.41) is 18.8. The van der Waals surface area contributed by atoms with E-state index in [9.17, 15) is 10.2 Å². The van der Waals surface area contributed by atoms with Crippen molar-refractivity contribution >= 4 is 0 Å². The number of aliphatic hydroxyl groups is 2. The predicted octanol–water partition coefficient (Wildman–Crippen LogP) is 1.55. The Bertz CT molecular complexity index is 118. The van der Waals surface area contributed by atoms with E-state index < -0.39 is 0 Å². The monoisotopic (exact) mass is 172 g/mol. The van der Waals surface area contributed by atoms with Crippen molar-refractivity contribution in [3.63, 3.8) is 0 Å². The summed E-state index contributed by atoms with van der Waals surface area (Å²) in [6.07, 6.45) is 4.00. The van der Waals surface area contributed by atoms with Gasteiger partial charge in [0.25, 0.3) is 0 Å². The first kappa shape index (κ1) is 10.0. The Balaban J connectivity index is 2.40. The molecule has 0 aromatic carbocycles. The highest BCUT2D eigenvalue weighted by molar-refractivity contribution is 4.78. The molecule has 1 aliphatic rings. The molecule has 2 nitrogen and oxygen atoms in total. The van der Waals surface area contributed by atoms with Gasteiger partial charge in [-0.15, -0.1) is 0 Å². The quantitative estimate of drug-likeness (QED) is 0.663. The van der Waals surface area contributed by atoms with Gasteiger partial charge in [0, 0.05) is 0 Å². The number of aliphatic hydroxyl groups excluding tert-OH is 2. The second-order valence-electron chi connectivity index (χ2n) is 4.17. The molecule has 0 aromatic heterocycles. The van der Waals surface area contributed by atoms with E-state index in [1.165, 1.54) is 0 Å². The lowest BCUT2D eigenvalue weighted by Gasteiger charge is -2.32. The molecule has 4 atom stereocenters. The molecule has 12 heavy (non-hydrogen) atoms. The molecular weight excluding hydrogens is 152 g/mol. The third kappa shape index (κ3) is 2.46. The van der Waals surface area contributed by atoms with Gasteiger partial charge < -0.3 is 10.2 Å². The molecule has 0 amide bonds. The maximum atomic E-state index is 9.40. The molecule has 0 aromatic rings. The van der Waals surface area contributed by atoms with Crippen LogP contribution >= 0.6 is 0 Å². The van der Waals surface area contributed by atoms with Crippen LogP contribution in [-0.4, -0.2) is 22.4 Å². The third-order valence-corrected chi connectivity index (χ3v) is 3.12. The summed E-state index contributed by atoms with van der Waals surface area (Å²) in [6.45, 7) is 3.71. The van der Waals surface area contributed by atoms with Crippen molar-refractivity contribution in [2.24, 2.45) is 11.8 Å². The summed E-state index contributed by atoms with van der Waals surface area (Å²) in [6, 6.07) is 0. The van der Waals surface area contributed by atoms with Crippen molar-refractivity contribution in [1.29, 1.82) is 0 Å². The summed E-state index contributed by atoms with van der Waals surface area (Å²) in [5.41, 5.74) is 0. The maximum Gasteiger partial charge on any atom is 0.0540 e. The topological polar surface area (TPSA) is 40.5 Å². The molecule has 1 fully saturated rings. The SMILES string of the molecule is CC(O)C1CCCC(C(C)O)C1. The van der Waals surface area contributed by atoms with Gasteiger partial charge in [-0.25, -0.2) is 0 Å². The zero-order chi connectivity index (χ0) is 9.14. The van der Waals surface area contributed by atoms with Gasteiger partial charge in [-0.2, -0.15) is 0 Å². The summed E-state index contributed by atoms with van der Waals surface area (Å²) >= 11 is 0. The van der Waals surface area contributed by atoms with Gasteiger partial charge in [0.2, 0.25) is 0 Å². The lowest BCUT2D eigenvalue weighted by Crippen LogP contribution is -2.29. The van der Waals surface area contributed by atoms with Crippen molar-refractivity contribution < 1.29 is 10.2 Å². The number of hydrogen-bond acceptors (Lipinski definition) is 2. The van der Waals surface area contributed by atoms with Crippen LogP contribution in [0.5, 0.6) is 0 Å². The van der Waals surface area contributed by atoms with Crippen LogP contribution in [0, 0.1) is 11.8 Å². The first-order valence-corrected chi connectivity index (χ1v) is 4.97. The van der Waals surface area contributed by atoms with Gasteiger partial charge >= 0.3 is 0 Å². The minimum atomic E-state index is -0.202. The summed E-state index contributed by atoms with van der Waals surface area (Å²) in [5.74, 6) is 0.830. The maximum absolute atomic E-state index is 9.40. The summed E-state index contributed by atoms with van der Waals surface area (Å²) < 4.78 is 0. The molecule has 1 aliphatic carbocycles. The van der Waals surface area contributed by atoms with Crippen molar-refractivity contribution in [3.05, 3.63) is 0 Å². The van der Waals surface area contributed by atoms with E-state index in [1.807, 2.05) is 13.8 Å². The number of rotatable bonds is 2. The Morgan fingerprint density at radius 1 is 1.00 bits per heavy atom. The Kier molecular flexibility index (Phi) is 3.53. The van der Waals surface area contributed by atoms with Crippen molar-refractivity contribution in [2.45, 2.75) is 51.7 Å². The molecule has 4 unspecified atom stereocenters. The standard InChI is InChI=1S/C10H20O2/c1-7(11)9-4-3-5-10(6-9)8(2)12/h7-12H,3-6H2,1-2H3. The normalized spacial score (nSPS) is 36.0. The van der Waals surface area contributed by atoms with Crippen LogP contribution in [0.1, 0.15) is 39.5 Å². The highest BCUT2D eigenvalue weighted by Crippen LogP contribution is 2.32. The van der Waals surface area contributed by atoms with Gasteiger partial charge in [-0.05, 0) is 44.9 Å². The lowest BCUT2D eigenvalue weighted by atomic mass is 9.77. The second kappa shape index (κ2) is 4.24. The molecule has 1 rings (SSSR count). The Labute approximate surface area is 74.6 Å². The van der Waals surface area contributed by atoms with E-state index in [0.717, 1.165) is 25.7 Å². The Hall–Kier alpha value is -0.0800. The summed E-state index contributed by atoms with van der Waals surface area (Å²) in [4.78, 5) is 0.